The molecule has 172 valence electrons. The number of carbonyl (C=O) groups excluding carboxylic acids is 3. The zero-order chi connectivity index (χ0) is 23.6. The van der Waals surface area contributed by atoms with Gasteiger partial charge in [0.05, 0.1) is 12.1 Å². The minimum Gasteiger partial charge on any atom is -0.481 e. The number of carbonyl (C=O) groups is 5. The first-order chi connectivity index (χ1) is 13.8. The molecule has 8 N–H and O–H groups in total. The average Bonchev–Trinajstić information content (AvgIpc) is 2.65. The number of nitrogens with two attached hydrogens (primary N) is 1. The number of aliphatic hydroxyl groups excluding tert-OH is 1. The molecule has 30 heavy (non-hydrogen) atoms. The van der Waals surface area contributed by atoms with Crippen molar-refractivity contribution in [1.82, 2.24) is 16.0 Å². The first-order valence-electron chi connectivity index (χ1n) is 9.61. The second kappa shape index (κ2) is 12.8. The molecule has 12 heteroatoms. The second-order valence-electron chi connectivity index (χ2n) is 7.22. The summed E-state index contributed by atoms with van der Waals surface area (Å²) in [6, 6.07) is -5.05. The van der Waals surface area contributed by atoms with Crippen LogP contribution in [0.3, 0.4) is 0 Å². The van der Waals surface area contributed by atoms with Gasteiger partial charge in [-0.3, -0.25) is 19.2 Å². The Balaban J connectivity index is 5.43. The first-order valence-corrected chi connectivity index (χ1v) is 9.61. The Morgan fingerprint density at radius 2 is 1.40 bits per heavy atom. The van der Waals surface area contributed by atoms with Gasteiger partial charge in [-0.15, -0.1) is 0 Å². The van der Waals surface area contributed by atoms with Crippen molar-refractivity contribution in [3.63, 3.8) is 0 Å². The van der Waals surface area contributed by atoms with Gasteiger partial charge in [-0.1, -0.05) is 20.3 Å². The smallest absolute Gasteiger partial charge is 0.326 e. The molecular formula is C18H32N4O8. The maximum absolute atomic E-state index is 12.6. The summed E-state index contributed by atoms with van der Waals surface area (Å²) in [7, 11) is 0. The van der Waals surface area contributed by atoms with Crippen molar-refractivity contribution >= 4 is 29.7 Å². The van der Waals surface area contributed by atoms with Crippen molar-refractivity contribution in [2.45, 2.75) is 77.2 Å². The summed E-state index contributed by atoms with van der Waals surface area (Å²) >= 11 is 0. The van der Waals surface area contributed by atoms with Gasteiger partial charge in [0.15, 0.2) is 0 Å². The number of amides is 3. The molecule has 0 fully saturated rings. The van der Waals surface area contributed by atoms with E-state index < -0.39 is 72.3 Å². The van der Waals surface area contributed by atoms with Crippen LogP contribution in [0.2, 0.25) is 0 Å². The molecule has 0 spiro atoms. The third-order valence-electron chi connectivity index (χ3n) is 4.53. The zero-order valence-corrected chi connectivity index (χ0v) is 17.5. The third-order valence-corrected chi connectivity index (χ3v) is 4.53. The van der Waals surface area contributed by atoms with E-state index in [4.69, 9.17) is 10.8 Å². The third kappa shape index (κ3) is 9.18. The van der Waals surface area contributed by atoms with E-state index in [0.717, 1.165) is 0 Å². The largest absolute Gasteiger partial charge is 0.481 e. The van der Waals surface area contributed by atoms with Crippen molar-refractivity contribution in [2.24, 2.45) is 11.7 Å². The van der Waals surface area contributed by atoms with Crippen molar-refractivity contribution in [2.75, 3.05) is 0 Å². The van der Waals surface area contributed by atoms with E-state index >= 15 is 0 Å². The average molecular weight is 432 g/mol. The first kappa shape index (κ1) is 27.3. The minimum absolute atomic E-state index is 0.279. The van der Waals surface area contributed by atoms with Gasteiger partial charge in [-0.2, -0.15) is 0 Å². The van der Waals surface area contributed by atoms with E-state index in [1.165, 1.54) is 13.8 Å². The molecule has 12 nitrogen and oxygen atoms in total. The van der Waals surface area contributed by atoms with E-state index in [-0.39, 0.29) is 6.42 Å². The lowest BCUT2D eigenvalue weighted by Gasteiger charge is -2.27. The van der Waals surface area contributed by atoms with Gasteiger partial charge in [-0.05, 0) is 26.2 Å². The van der Waals surface area contributed by atoms with Crippen LogP contribution >= 0.6 is 0 Å². The molecule has 0 rings (SSSR count). The van der Waals surface area contributed by atoms with E-state index in [0.29, 0.717) is 6.42 Å². The predicted molar refractivity (Wildman–Crippen MR) is 105 cm³/mol. The molecule has 0 aliphatic rings. The Labute approximate surface area is 174 Å². The summed E-state index contributed by atoms with van der Waals surface area (Å²) in [5, 5.41) is 34.9. The SMILES string of the molecule is CCC(C)C(NC(=O)C(NC(=O)C(CCC(=O)O)NC(=O)C(C)N)C(C)O)C(=O)O. The second-order valence-corrected chi connectivity index (χ2v) is 7.22. The number of carboxylic acids is 2. The molecule has 0 heterocycles. The molecule has 3 amide bonds. The standard InChI is InChI=1S/C18H32N4O8/c1-5-8(2)13(18(29)30)21-17(28)14(10(4)23)22-16(27)11(6-7-12(24)25)20-15(26)9(3)19/h8-11,13-14,23H,5-7,19H2,1-4H3,(H,20,26)(H,21,28)(H,22,27)(H,24,25)(H,29,30). The van der Waals surface area contributed by atoms with Gasteiger partial charge in [0.25, 0.3) is 0 Å². The van der Waals surface area contributed by atoms with E-state index in [9.17, 15) is 34.2 Å². The number of aliphatic hydroxyl groups is 1. The molecule has 6 atom stereocenters. The topological polar surface area (TPSA) is 208 Å². The van der Waals surface area contributed by atoms with Gasteiger partial charge in [0, 0.05) is 6.42 Å². The summed E-state index contributed by atoms with van der Waals surface area (Å²) in [6.45, 7) is 5.96. The monoisotopic (exact) mass is 432 g/mol. The number of hydrogen-bond acceptors (Lipinski definition) is 7. The lowest BCUT2D eigenvalue weighted by atomic mass is 9.98. The highest BCUT2D eigenvalue weighted by molar-refractivity contribution is 5.94. The molecule has 0 radical (unpaired) electrons. The van der Waals surface area contributed by atoms with Gasteiger partial charge in [0.1, 0.15) is 18.1 Å². The van der Waals surface area contributed by atoms with Gasteiger partial charge < -0.3 is 37.0 Å². The Kier molecular flexibility index (Phi) is 11.6. The van der Waals surface area contributed by atoms with Crippen LogP contribution < -0.4 is 21.7 Å². The Bertz CT molecular complexity index is 638. The summed E-state index contributed by atoms with van der Waals surface area (Å²) < 4.78 is 0. The Morgan fingerprint density at radius 1 is 0.867 bits per heavy atom. The lowest BCUT2D eigenvalue weighted by molar-refractivity contribution is -0.144. The molecule has 0 aliphatic heterocycles. The highest BCUT2D eigenvalue weighted by atomic mass is 16.4. The van der Waals surface area contributed by atoms with Gasteiger partial charge in [-0.25, -0.2) is 4.79 Å². The number of carboxylic acid groups (broad SMARTS) is 2. The molecule has 0 aromatic carbocycles. The highest BCUT2D eigenvalue weighted by Crippen LogP contribution is 2.09. The van der Waals surface area contributed by atoms with E-state index in [1.807, 2.05) is 0 Å². The molecule has 0 aliphatic carbocycles. The van der Waals surface area contributed by atoms with Gasteiger partial charge >= 0.3 is 11.9 Å². The van der Waals surface area contributed by atoms with Crippen molar-refractivity contribution in [3.05, 3.63) is 0 Å². The summed E-state index contributed by atoms with van der Waals surface area (Å²) in [5.41, 5.74) is 5.44. The van der Waals surface area contributed by atoms with Crippen LogP contribution in [0.15, 0.2) is 0 Å². The zero-order valence-electron chi connectivity index (χ0n) is 17.5. The molecule has 0 bridgehead atoms. The van der Waals surface area contributed by atoms with Crippen LogP contribution in [0.25, 0.3) is 0 Å². The number of aliphatic carboxylic acids is 2. The van der Waals surface area contributed by atoms with E-state index in [1.54, 1.807) is 13.8 Å². The molecular weight excluding hydrogens is 400 g/mol. The maximum Gasteiger partial charge on any atom is 0.326 e. The molecule has 0 aromatic heterocycles. The molecule has 0 saturated carbocycles. The number of hydrogen-bond donors (Lipinski definition) is 7. The van der Waals surface area contributed by atoms with Crippen LogP contribution in [0.5, 0.6) is 0 Å². The van der Waals surface area contributed by atoms with Crippen molar-refractivity contribution in [1.29, 1.82) is 0 Å². The minimum atomic E-state index is -1.53. The van der Waals surface area contributed by atoms with E-state index in [2.05, 4.69) is 16.0 Å². The summed E-state index contributed by atoms with van der Waals surface area (Å²) in [6.07, 6.45) is -1.66. The number of nitrogens with one attached hydrogen (secondary N) is 3. The summed E-state index contributed by atoms with van der Waals surface area (Å²) in [5.74, 6) is -5.43. The number of rotatable bonds is 13. The Hall–Kier alpha value is -2.73. The maximum atomic E-state index is 12.6. The van der Waals surface area contributed by atoms with Crippen LogP contribution in [0, 0.1) is 5.92 Å². The fraction of sp³-hybridized carbons (Fsp3) is 0.722. The van der Waals surface area contributed by atoms with Crippen molar-refractivity contribution < 1.29 is 39.3 Å². The summed E-state index contributed by atoms with van der Waals surface area (Å²) in [4.78, 5) is 59.2. The molecule has 0 saturated heterocycles. The fourth-order valence-electron chi connectivity index (χ4n) is 2.43. The normalized spacial score (nSPS) is 16.9. The van der Waals surface area contributed by atoms with Crippen LogP contribution in [0.1, 0.15) is 47.0 Å². The van der Waals surface area contributed by atoms with Gasteiger partial charge in [0.2, 0.25) is 17.7 Å². The lowest BCUT2D eigenvalue weighted by Crippen LogP contribution is -2.60. The van der Waals surface area contributed by atoms with Crippen LogP contribution in [-0.4, -0.2) is 75.3 Å². The highest BCUT2D eigenvalue weighted by Gasteiger charge is 2.33. The molecule has 0 aromatic rings. The molecule has 6 unspecified atom stereocenters. The van der Waals surface area contributed by atoms with Crippen LogP contribution in [-0.2, 0) is 24.0 Å². The predicted octanol–water partition coefficient (Wildman–Crippen LogP) is -1.84. The quantitative estimate of drug-likeness (QED) is 0.174. The Morgan fingerprint density at radius 3 is 1.80 bits per heavy atom. The van der Waals surface area contributed by atoms with Crippen LogP contribution in [0.4, 0.5) is 0 Å². The fourth-order valence-corrected chi connectivity index (χ4v) is 2.43. The van der Waals surface area contributed by atoms with Crippen molar-refractivity contribution in [3.8, 4) is 0 Å².